The van der Waals surface area contributed by atoms with E-state index >= 15 is 0 Å². The smallest absolute Gasteiger partial charge is 0.0936 e. The molecule has 2 N–H and O–H groups in total. The van der Waals surface area contributed by atoms with Gasteiger partial charge in [0.15, 0.2) is 0 Å². The Kier molecular flexibility index (Phi) is 4.62. The van der Waals surface area contributed by atoms with E-state index < -0.39 is 0 Å². The zero-order valence-electron chi connectivity index (χ0n) is 12.5. The molecule has 5 heteroatoms. The van der Waals surface area contributed by atoms with Crippen LogP contribution in [-0.2, 0) is 9.47 Å². The van der Waals surface area contributed by atoms with E-state index in [0.717, 1.165) is 51.9 Å². The molecule has 3 atom stereocenters. The minimum atomic E-state index is -0.0329. The lowest BCUT2D eigenvalue weighted by atomic mass is 9.86. The van der Waals surface area contributed by atoms with E-state index in [1.165, 1.54) is 12.8 Å². The van der Waals surface area contributed by atoms with Crippen molar-refractivity contribution in [3.8, 4) is 0 Å². The van der Waals surface area contributed by atoms with Crippen LogP contribution >= 0.6 is 0 Å². The second-order valence-corrected chi connectivity index (χ2v) is 6.90. The minimum Gasteiger partial charge on any atom is -0.394 e. The van der Waals surface area contributed by atoms with Gasteiger partial charge in [-0.15, -0.1) is 0 Å². The Labute approximate surface area is 121 Å². The quantitative estimate of drug-likeness (QED) is 0.731. The van der Waals surface area contributed by atoms with Gasteiger partial charge in [0.25, 0.3) is 0 Å². The van der Waals surface area contributed by atoms with Crippen LogP contribution in [0, 0.1) is 5.41 Å². The maximum absolute atomic E-state index is 9.35. The van der Waals surface area contributed by atoms with Crippen LogP contribution in [0.4, 0.5) is 0 Å². The lowest BCUT2D eigenvalue weighted by Gasteiger charge is -2.41. The predicted octanol–water partition coefficient (Wildman–Crippen LogP) is 0.227. The number of hydrogen-bond donors (Lipinski definition) is 2. The summed E-state index contributed by atoms with van der Waals surface area (Å²) in [5.41, 5.74) is 0.250. The zero-order chi connectivity index (χ0) is 14.0. The van der Waals surface area contributed by atoms with Gasteiger partial charge < -0.3 is 19.9 Å². The third kappa shape index (κ3) is 3.71. The number of morpholine rings is 1. The van der Waals surface area contributed by atoms with Crippen molar-refractivity contribution in [1.82, 2.24) is 10.2 Å². The third-order valence-electron chi connectivity index (χ3n) is 4.69. The fraction of sp³-hybridized carbons (Fsp3) is 1.00. The summed E-state index contributed by atoms with van der Waals surface area (Å²) in [6.45, 7) is 7.87. The van der Waals surface area contributed by atoms with Crippen molar-refractivity contribution in [2.24, 2.45) is 5.41 Å². The zero-order valence-corrected chi connectivity index (χ0v) is 12.5. The molecule has 1 saturated carbocycles. The lowest BCUT2D eigenvalue weighted by Crippen LogP contribution is -2.53. The summed E-state index contributed by atoms with van der Waals surface area (Å²) in [6, 6.07) is 0.751. The molecular formula is C15H28N2O3. The number of nitrogens with one attached hydrogen (secondary N) is 1. The van der Waals surface area contributed by atoms with Gasteiger partial charge in [-0.25, -0.2) is 0 Å². The molecule has 0 bridgehead atoms. The van der Waals surface area contributed by atoms with E-state index in [1.807, 2.05) is 0 Å². The van der Waals surface area contributed by atoms with Crippen molar-refractivity contribution in [3.63, 3.8) is 0 Å². The predicted molar refractivity (Wildman–Crippen MR) is 76.8 cm³/mol. The highest BCUT2D eigenvalue weighted by molar-refractivity contribution is 4.93. The molecule has 2 saturated heterocycles. The number of aliphatic hydroxyl groups excluding tert-OH is 1. The maximum atomic E-state index is 9.35. The molecule has 3 aliphatic rings. The van der Waals surface area contributed by atoms with Gasteiger partial charge in [-0.1, -0.05) is 0 Å². The van der Waals surface area contributed by atoms with Gasteiger partial charge in [-0.3, -0.25) is 4.90 Å². The van der Waals surface area contributed by atoms with E-state index in [2.05, 4.69) is 17.1 Å². The Balaban J connectivity index is 1.57. The summed E-state index contributed by atoms with van der Waals surface area (Å²) in [7, 11) is 0. The third-order valence-corrected chi connectivity index (χ3v) is 4.69. The molecule has 3 fully saturated rings. The number of hydrogen-bond acceptors (Lipinski definition) is 5. The molecule has 2 aliphatic heterocycles. The summed E-state index contributed by atoms with van der Waals surface area (Å²) < 4.78 is 11.4. The maximum Gasteiger partial charge on any atom is 0.0936 e. The number of nitrogens with zero attached hydrogens (tertiary/aromatic N) is 1. The molecule has 0 radical (unpaired) electrons. The minimum absolute atomic E-state index is 0.0329. The van der Waals surface area contributed by atoms with Gasteiger partial charge >= 0.3 is 0 Å². The fourth-order valence-corrected chi connectivity index (χ4v) is 3.46. The van der Waals surface area contributed by atoms with Crippen LogP contribution in [0.3, 0.4) is 0 Å². The summed E-state index contributed by atoms with van der Waals surface area (Å²) in [5, 5.41) is 13.0. The largest absolute Gasteiger partial charge is 0.394 e. The normalized spacial score (nSPS) is 39.3. The number of aliphatic hydroxyl groups is 1. The average molecular weight is 284 g/mol. The first-order valence-corrected chi connectivity index (χ1v) is 7.99. The van der Waals surface area contributed by atoms with Crippen LogP contribution in [0.25, 0.3) is 0 Å². The van der Waals surface area contributed by atoms with Crippen LogP contribution in [0.5, 0.6) is 0 Å². The highest BCUT2D eigenvalue weighted by atomic mass is 16.5. The van der Waals surface area contributed by atoms with Gasteiger partial charge in [-0.05, 0) is 26.2 Å². The molecule has 3 rings (SSSR count). The number of rotatable bonds is 6. The Hall–Kier alpha value is -0.200. The summed E-state index contributed by atoms with van der Waals surface area (Å²) >= 11 is 0. The Morgan fingerprint density at radius 1 is 1.35 bits per heavy atom. The second-order valence-electron chi connectivity index (χ2n) is 6.90. The Morgan fingerprint density at radius 2 is 2.20 bits per heavy atom. The van der Waals surface area contributed by atoms with Gasteiger partial charge in [0.1, 0.15) is 0 Å². The van der Waals surface area contributed by atoms with E-state index in [4.69, 9.17) is 9.47 Å². The van der Waals surface area contributed by atoms with E-state index in [0.29, 0.717) is 0 Å². The summed E-state index contributed by atoms with van der Waals surface area (Å²) in [5.74, 6) is 0. The van der Waals surface area contributed by atoms with Gasteiger partial charge in [0.2, 0.25) is 0 Å². The molecule has 5 nitrogen and oxygen atoms in total. The highest BCUT2D eigenvalue weighted by Gasteiger charge is 2.39. The standard InChI is InChI=1S/C15H28N2O3/c1-12-6-17(7-14(8-18)20-12)10-15(4-5-19-11-15)9-16-13-2-3-13/h12-14,16,18H,2-11H2,1H3. The van der Waals surface area contributed by atoms with Crippen molar-refractivity contribution in [1.29, 1.82) is 0 Å². The Bertz CT molecular complexity index is 316. The van der Waals surface area contributed by atoms with Crippen molar-refractivity contribution in [3.05, 3.63) is 0 Å². The van der Waals surface area contributed by atoms with Gasteiger partial charge in [-0.2, -0.15) is 0 Å². The molecule has 0 aromatic heterocycles. The van der Waals surface area contributed by atoms with Gasteiger partial charge in [0, 0.05) is 44.2 Å². The van der Waals surface area contributed by atoms with Crippen LogP contribution in [-0.4, -0.2) is 74.3 Å². The first-order chi connectivity index (χ1) is 9.69. The second kappa shape index (κ2) is 6.28. The molecule has 20 heavy (non-hydrogen) atoms. The average Bonchev–Trinajstić information content (AvgIpc) is 3.16. The summed E-state index contributed by atoms with van der Waals surface area (Å²) in [4.78, 5) is 2.46. The molecule has 2 heterocycles. The number of ether oxygens (including phenoxy) is 2. The monoisotopic (exact) mass is 284 g/mol. The van der Waals surface area contributed by atoms with E-state index in [1.54, 1.807) is 0 Å². The molecule has 0 aromatic rings. The van der Waals surface area contributed by atoms with Crippen molar-refractivity contribution >= 4 is 0 Å². The Morgan fingerprint density at radius 3 is 2.85 bits per heavy atom. The molecule has 116 valence electrons. The van der Waals surface area contributed by atoms with Crippen molar-refractivity contribution in [2.45, 2.75) is 44.4 Å². The van der Waals surface area contributed by atoms with E-state index in [9.17, 15) is 5.11 Å². The highest BCUT2D eigenvalue weighted by Crippen LogP contribution is 2.31. The molecule has 0 spiro atoms. The van der Waals surface area contributed by atoms with Crippen LogP contribution in [0.1, 0.15) is 26.2 Å². The molecule has 3 unspecified atom stereocenters. The topological polar surface area (TPSA) is 54.0 Å². The molecule has 1 aliphatic carbocycles. The van der Waals surface area contributed by atoms with E-state index in [-0.39, 0.29) is 24.2 Å². The lowest BCUT2D eigenvalue weighted by molar-refractivity contribution is -0.103. The van der Waals surface area contributed by atoms with Crippen LogP contribution in [0.15, 0.2) is 0 Å². The van der Waals surface area contributed by atoms with Crippen LogP contribution < -0.4 is 5.32 Å². The van der Waals surface area contributed by atoms with Crippen LogP contribution in [0.2, 0.25) is 0 Å². The summed E-state index contributed by atoms with van der Waals surface area (Å²) in [6.07, 6.45) is 3.98. The molecule has 0 amide bonds. The van der Waals surface area contributed by atoms with Crippen molar-refractivity contribution in [2.75, 3.05) is 46.0 Å². The van der Waals surface area contributed by atoms with Gasteiger partial charge in [0.05, 0.1) is 25.4 Å². The fourth-order valence-electron chi connectivity index (χ4n) is 3.46. The first kappa shape index (κ1) is 14.7. The SMILES string of the molecule is CC1CN(CC2(CNC3CC3)CCOC2)CC(CO)O1. The van der Waals surface area contributed by atoms with Crippen molar-refractivity contribution < 1.29 is 14.6 Å². The first-order valence-electron chi connectivity index (χ1n) is 7.99. The molecular weight excluding hydrogens is 256 g/mol. The molecule has 0 aromatic carbocycles.